The van der Waals surface area contributed by atoms with E-state index in [-0.39, 0.29) is 23.2 Å². The summed E-state index contributed by atoms with van der Waals surface area (Å²) >= 11 is 5.62. The second-order valence-corrected chi connectivity index (χ2v) is 4.81. The fourth-order valence-electron chi connectivity index (χ4n) is 2.05. The van der Waals surface area contributed by atoms with Crippen LogP contribution in [0.2, 0.25) is 5.02 Å². The highest BCUT2D eigenvalue weighted by Gasteiger charge is 2.33. The maximum absolute atomic E-state index is 12.8. The predicted molar refractivity (Wildman–Crippen MR) is 64.6 cm³/mol. The Morgan fingerprint density at radius 2 is 2.17 bits per heavy atom. The first kappa shape index (κ1) is 13.6. The Balaban J connectivity index is 2.11. The molecule has 6 heteroatoms. The monoisotopic (exact) mass is 278 g/mol. The number of hydrogen-bond acceptors (Lipinski definition) is 2. The molecule has 0 bridgehead atoms. The van der Waals surface area contributed by atoms with Crippen LogP contribution in [-0.4, -0.2) is 19.1 Å². The minimum atomic E-state index is -4.37. The second kappa shape index (κ2) is 5.47. The van der Waals surface area contributed by atoms with Crippen LogP contribution in [0.15, 0.2) is 18.2 Å². The Morgan fingerprint density at radius 3 is 2.78 bits per heavy atom. The summed E-state index contributed by atoms with van der Waals surface area (Å²) in [6.07, 6.45) is -3.43. The van der Waals surface area contributed by atoms with Gasteiger partial charge < -0.3 is 10.6 Å². The van der Waals surface area contributed by atoms with E-state index in [9.17, 15) is 13.2 Å². The van der Waals surface area contributed by atoms with Gasteiger partial charge in [-0.3, -0.25) is 0 Å². The number of nitrogens with one attached hydrogen (secondary N) is 2. The van der Waals surface area contributed by atoms with Gasteiger partial charge in [-0.2, -0.15) is 13.2 Å². The average Bonchev–Trinajstić information content (AvgIpc) is 2.79. The van der Waals surface area contributed by atoms with E-state index in [0.717, 1.165) is 25.6 Å². The maximum Gasteiger partial charge on any atom is 0.416 e. The van der Waals surface area contributed by atoms with Gasteiger partial charge in [-0.25, -0.2) is 0 Å². The lowest BCUT2D eigenvalue weighted by Gasteiger charge is -2.16. The molecule has 0 spiro atoms. The SMILES string of the molecule is FC(F)(F)c1cc(Cl)ccc1CN[C@H]1CCNC1. The van der Waals surface area contributed by atoms with Crippen molar-refractivity contribution in [1.29, 1.82) is 0 Å². The maximum atomic E-state index is 12.8. The molecule has 0 saturated carbocycles. The number of alkyl halides is 3. The van der Waals surface area contributed by atoms with Crippen LogP contribution in [0.3, 0.4) is 0 Å². The summed E-state index contributed by atoms with van der Waals surface area (Å²) in [6.45, 7) is 1.91. The molecule has 1 aromatic carbocycles. The quantitative estimate of drug-likeness (QED) is 0.888. The van der Waals surface area contributed by atoms with Crippen molar-refractivity contribution in [3.05, 3.63) is 34.3 Å². The molecule has 0 unspecified atom stereocenters. The van der Waals surface area contributed by atoms with E-state index in [4.69, 9.17) is 11.6 Å². The van der Waals surface area contributed by atoms with Gasteiger partial charge in [0.25, 0.3) is 0 Å². The Morgan fingerprint density at radius 1 is 1.39 bits per heavy atom. The highest BCUT2D eigenvalue weighted by molar-refractivity contribution is 6.30. The molecular formula is C12H14ClF3N2. The first-order chi connectivity index (χ1) is 8.47. The van der Waals surface area contributed by atoms with Crippen LogP contribution in [0.5, 0.6) is 0 Å². The van der Waals surface area contributed by atoms with Crippen LogP contribution in [0.1, 0.15) is 17.5 Å². The smallest absolute Gasteiger partial charge is 0.315 e. The Hall–Kier alpha value is -0.780. The fraction of sp³-hybridized carbons (Fsp3) is 0.500. The summed E-state index contributed by atoms with van der Waals surface area (Å²) < 4.78 is 38.5. The molecule has 1 fully saturated rings. The molecule has 1 aromatic rings. The third kappa shape index (κ3) is 3.37. The Labute approximate surface area is 109 Å². The van der Waals surface area contributed by atoms with E-state index in [1.165, 1.54) is 12.1 Å². The molecule has 2 N–H and O–H groups in total. The molecule has 0 aromatic heterocycles. The van der Waals surface area contributed by atoms with Crippen molar-refractivity contribution in [3.63, 3.8) is 0 Å². The predicted octanol–water partition coefficient (Wildman–Crippen LogP) is 2.81. The normalized spacial score (nSPS) is 20.3. The topological polar surface area (TPSA) is 24.1 Å². The molecular weight excluding hydrogens is 265 g/mol. The molecule has 2 nitrogen and oxygen atoms in total. The molecule has 2 rings (SSSR count). The largest absolute Gasteiger partial charge is 0.416 e. The highest BCUT2D eigenvalue weighted by atomic mass is 35.5. The molecule has 18 heavy (non-hydrogen) atoms. The lowest BCUT2D eigenvalue weighted by molar-refractivity contribution is -0.138. The number of rotatable bonds is 3. The molecule has 1 aliphatic heterocycles. The molecule has 0 radical (unpaired) electrons. The number of halogens is 4. The van der Waals surface area contributed by atoms with E-state index < -0.39 is 11.7 Å². The van der Waals surface area contributed by atoms with E-state index in [1.807, 2.05) is 0 Å². The highest BCUT2D eigenvalue weighted by Crippen LogP contribution is 2.33. The van der Waals surface area contributed by atoms with Gasteiger partial charge in [-0.1, -0.05) is 17.7 Å². The summed E-state index contributed by atoms with van der Waals surface area (Å²) in [4.78, 5) is 0. The van der Waals surface area contributed by atoms with Gasteiger partial charge in [-0.05, 0) is 30.7 Å². The first-order valence-electron chi connectivity index (χ1n) is 5.76. The van der Waals surface area contributed by atoms with Crippen molar-refractivity contribution in [2.75, 3.05) is 13.1 Å². The van der Waals surface area contributed by atoms with Crippen molar-refractivity contribution in [2.45, 2.75) is 25.2 Å². The average molecular weight is 279 g/mol. The van der Waals surface area contributed by atoms with Crippen molar-refractivity contribution >= 4 is 11.6 Å². The number of hydrogen-bond donors (Lipinski definition) is 2. The third-order valence-electron chi connectivity index (χ3n) is 3.02. The van der Waals surface area contributed by atoms with Gasteiger partial charge in [-0.15, -0.1) is 0 Å². The zero-order valence-electron chi connectivity index (χ0n) is 9.65. The van der Waals surface area contributed by atoms with Crippen LogP contribution in [0, 0.1) is 0 Å². The zero-order chi connectivity index (χ0) is 13.2. The minimum Gasteiger partial charge on any atom is -0.315 e. The van der Waals surface area contributed by atoms with Crippen molar-refractivity contribution in [3.8, 4) is 0 Å². The summed E-state index contributed by atoms with van der Waals surface area (Å²) in [5, 5.41) is 6.39. The molecule has 1 atom stereocenters. The van der Waals surface area contributed by atoms with Gasteiger partial charge in [0.05, 0.1) is 5.56 Å². The lowest BCUT2D eigenvalue weighted by atomic mass is 10.1. The van der Waals surface area contributed by atoms with Crippen molar-refractivity contribution < 1.29 is 13.2 Å². The molecule has 1 saturated heterocycles. The Kier molecular flexibility index (Phi) is 4.14. The van der Waals surface area contributed by atoms with Crippen LogP contribution < -0.4 is 10.6 Å². The number of benzene rings is 1. The fourth-order valence-corrected chi connectivity index (χ4v) is 2.22. The van der Waals surface area contributed by atoms with E-state index >= 15 is 0 Å². The summed E-state index contributed by atoms with van der Waals surface area (Å²) in [7, 11) is 0. The van der Waals surface area contributed by atoms with Gasteiger partial charge in [0, 0.05) is 24.2 Å². The zero-order valence-corrected chi connectivity index (χ0v) is 10.4. The molecule has 100 valence electrons. The van der Waals surface area contributed by atoms with Crippen LogP contribution in [-0.2, 0) is 12.7 Å². The van der Waals surface area contributed by atoms with Gasteiger partial charge in [0.2, 0.25) is 0 Å². The molecule has 0 amide bonds. The van der Waals surface area contributed by atoms with Gasteiger partial charge >= 0.3 is 6.18 Å². The molecule has 0 aliphatic carbocycles. The lowest BCUT2D eigenvalue weighted by Crippen LogP contribution is -2.31. The van der Waals surface area contributed by atoms with E-state index in [2.05, 4.69) is 10.6 Å². The van der Waals surface area contributed by atoms with Crippen LogP contribution in [0.25, 0.3) is 0 Å². The van der Waals surface area contributed by atoms with Crippen LogP contribution >= 0.6 is 11.6 Å². The molecule has 1 aliphatic rings. The van der Waals surface area contributed by atoms with Crippen molar-refractivity contribution in [1.82, 2.24) is 10.6 Å². The van der Waals surface area contributed by atoms with Gasteiger partial charge in [0.1, 0.15) is 0 Å². The summed E-state index contributed by atoms with van der Waals surface area (Å²) in [5.74, 6) is 0. The minimum absolute atomic E-state index is 0.105. The van der Waals surface area contributed by atoms with Gasteiger partial charge in [0.15, 0.2) is 0 Å². The van der Waals surface area contributed by atoms with Crippen molar-refractivity contribution in [2.24, 2.45) is 0 Å². The third-order valence-corrected chi connectivity index (χ3v) is 3.25. The molecule has 1 heterocycles. The van der Waals surface area contributed by atoms with E-state index in [0.29, 0.717) is 0 Å². The summed E-state index contributed by atoms with van der Waals surface area (Å²) in [6, 6.07) is 4.13. The summed E-state index contributed by atoms with van der Waals surface area (Å²) in [5.41, 5.74) is -0.424. The first-order valence-corrected chi connectivity index (χ1v) is 6.14. The van der Waals surface area contributed by atoms with Crippen LogP contribution in [0.4, 0.5) is 13.2 Å². The standard InChI is InChI=1S/C12H14ClF3N2/c13-9-2-1-8(11(5-9)12(14,15)16)6-18-10-3-4-17-7-10/h1-2,5,10,17-18H,3-4,6-7H2/t10-/m0/s1. The Bertz CT molecular complexity index is 414. The second-order valence-electron chi connectivity index (χ2n) is 4.37. The van der Waals surface area contributed by atoms with E-state index in [1.54, 1.807) is 0 Å².